The van der Waals surface area contributed by atoms with Crippen LogP contribution in [0.15, 0.2) is 24.3 Å². The average molecular weight is 307 g/mol. The van der Waals surface area contributed by atoms with Gasteiger partial charge in [0.2, 0.25) is 0 Å². The molecule has 2 atom stereocenters. The predicted octanol–water partition coefficient (Wildman–Crippen LogP) is 2.75. The minimum Gasteiger partial charge on any atom is -0.494 e. The Morgan fingerprint density at radius 1 is 1.27 bits per heavy atom. The highest BCUT2D eigenvalue weighted by Gasteiger charge is 2.24. The molecule has 0 aromatic heterocycles. The highest BCUT2D eigenvalue weighted by molar-refractivity contribution is 5.28. The zero-order valence-electron chi connectivity index (χ0n) is 13.6. The quantitative estimate of drug-likeness (QED) is 0.775. The molecule has 22 heavy (non-hydrogen) atoms. The first-order valence-corrected chi connectivity index (χ1v) is 8.50. The maximum Gasteiger partial charge on any atom is 0.119 e. The maximum absolute atomic E-state index is 10.5. The molecule has 0 aliphatic carbocycles. The lowest BCUT2D eigenvalue weighted by atomic mass is 9.98. The monoisotopic (exact) mass is 307 g/mol. The molecule has 2 rings (SSSR count). The summed E-state index contributed by atoms with van der Waals surface area (Å²) in [6.45, 7) is 4.68. The van der Waals surface area contributed by atoms with E-state index in [0.717, 1.165) is 43.7 Å². The number of aliphatic hydroxyl groups is 2. The van der Waals surface area contributed by atoms with E-state index in [4.69, 9.17) is 4.74 Å². The van der Waals surface area contributed by atoms with E-state index in [1.54, 1.807) is 0 Å². The number of rotatable bonds is 8. The van der Waals surface area contributed by atoms with Gasteiger partial charge in [-0.05, 0) is 49.9 Å². The van der Waals surface area contributed by atoms with Gasteiger partial charge in [0, 0.05) is 19.2 Å². The van der Waals surface area contributed by atoms with Gasteiger partial charge < -0.3 is 14.9 Å². The second-order valence-corrected chi connectivity index (χ2v) is 6.09. The molecule has 0 saturated carbocycles. The number of nitrogens with zero attached hydrogens (tertiary/aromatic N) is 1. The number of aliphatic hydroxyl groups excluding tert-OH is 2. The molecular formula is C18H29NO3. The topological polar surface area (TPSA) is 52.9 Å². The summed E-state index contributed by atoms with van der Waals surface area (Å²) >= 11 is 0. The minimum absolute atomic E-state index is 0.223. The van der Waals surface area contributed by atoms with Gasteiger partial charge in [-0.15, -0.1) is 0 Å². The largest absolute Gasteiger partial charge is 0.494 e. The fourth-order valence-electron chi connectivity index (χ4n) is 3.11. The number of likely N-dealkylation sites (tertiary alicyclic amines) is 1. The summed E-state index contributed by atoms with van der Waals surface area (Å²) in [7, 11) is 0. The molecule has 1 aromatic rings. The Morgan fingerprint density at radius 2 is 2.05 bits per heavy atom. The van der Waals surface area contributed by atoms with E-state index < -0.39 is 6.10 Å². The van der Waals surface area contributed by atoms with Gasteiger partial charge in [-0.2, -0.15) is 0 Å². The fourth-order valence-corrected chi connectivity index (χ4v) is 3.11. The summed E-state index contributed by atoms with van der Waals surface area (Å²) in [6, 6.07) is 8.15. The van der Waals surface area contributed by atoms with Gasteiger partial charge in [-0.25, -0.2) is 0 Å². The molecule has 1 heterocycles. The van der Waals surface area contributed by atoms with Crippen molar-refractivity contribution in [3.63, 3.8) is 0 Å². The highest BCUT2D eigenvalue weighted by atomic mass is 16.5. The number of hydrogen-bond acceptors (Lipinski definition) is 4. The van der Waals surface area contributed by atoms with Crippen LogP contribution in [0.2, 0.25) is 0 Å². The molecular weight excluding hydrogens is 278 g/mol. The van der Waals surface area contributed by atoms with Crippen LogP contribution >= 0.6 is 0 Å². The van der Waals surface area contributed by atoms with Crippen LogP contribution in [0.1, 0.15) is 50.7 Å². The van der Waals surface area contributed by atoms with Gasteiger partial charge in [-0.3, -0.25) is 4.90 Å². The lowest BCUT2D eigenvalue weighted by molar-refractivity contribution is 0.0565. The third-order valence-electron chi connectivity index (χ3n) is 4.36. The maximum atomic E-state index is 10.5. The second-order valence-electron chi connectivity index (χ2n) is 6.09. The summed E-state index contributed by atoms with van der Waals surface area (Å²) in [5.41, 5.74) is 0.928. The molecule has 4 heteroatoms. The first kappa shape index (κ1) is 17.3. The van der Waals surface area contributed by atoms with Gasteiger partial charge in [0.15, 0.2) is 0 Å². The van der Waals surface area contributed by atoms with Crippen LogP contribution in [0.25, 0.3) is 0 Å². The third kappa shape index (κ3) is 4.97. The van der Waals surface area contributed by atoms with Crippen molar-refractivity contribution >= 4 is 0 Å². The van der Waals surface area contributed by atoms with Gasteiger partial charge >= 0.3 is 0 Å². The van der Waals surface area contributed by atoms with Gasteiger partial charge in [0.05, 0.1) is 12.7 Å². The van der Waals surface area contributed by atoms with Crippen molar-refractivity contribution in [2.24, 2.45) is 0 Å². The molecule has 0 bridgehead atoms. The number of ether oxygens (including phenoxy) is 1. The van der Waals surface area contributed by atoms with Crippen LogP contribution < -0.4 is 4.74 Å². The van der Waals surface area contributed by atoms with E-state index in [9.17, 15) is 10.2 Å². The molecule has 2 unspecified atom stereocenters. The molecule has 0 spiro atoms. The Bertz CT molecular complexity index is 419. The van der Waals surface area contributed by atoms with Crippen molar-refractivity contribution in [2.45, 2.75) is 51.2 Å². The molecule has 1 aliphatic heterocycles. The van der Waals surface area contributed by atoms with Gasteiger partial charge in [0.1, 0.15) is 5.75 Å². The Morgan fingerprint density at radius 3 is 2.73 bits per heavy atom. The van der Waals surface area contributed by atoms with E-state index in [1.807, 2.05) is 24.3 Å². The molecule has 1 aromatic carbocycles. The fraction of sp³-hybridized carbons (Fsp3) is 0.667. The lowest BCUT2D eigenvalue weighted by Crippen LogP contribution is -2.42. The van der Waals surface area contributed by atoms with Gasteiger partial charge in [-0.1, -0.05) is 25.5 Å². The molecule has 1 fully saturated rings. The van der Waals surface area contributed by atoms with E-state index in [-0.39, 0.29) is 6.61 Å². The zero-order valence-corrected chi connectivity index (χ0v) is 13.6. The summed E-state index contributed by atoms with van der Waals surface area (Å²) in [5, 5.41) is 19.7. The van der Waals surface area contributed by atoms with E-state index in [0.29, 0.717) is 12.6 Å². The van der Waals surface area contributed by atoms with E-state index in [1.165, 1.54) is 12.8 Å². The SMILES string of the molecule is CCCOc1ccc(C(O)CN2CCCCC2CCO)cc1. The van der Waals surface area contributed by atoms with Crippen LogP contribution in [0.3, 0.4) is 0 Å². The summed E-state index contributed by atoms with van der Waals surface area (Å²) < 4.78 is 5.57. The van der Waals surface area contributed by atoms with Crippen LogP contribution in [0.5, 0.6) is 5.75 Å². The summed E-state index contributed by atoms with van der Waals surface area (Å²) in [6.07, 6.45) is 4.83. The van der Waals surface area contributed by atoms with Crippen LogP contribution in [0.4, 0.5) is 0 Å². The normalized spacial score (nSPS) is 20.8. The molecule has 124 valence electrons. The summed E-state index contributed by atoms with van der Waals surface area (Å²) in [4.78, 5) is 2.33. The third-order valence-corrected chi connectivity index (χ3v) is 4.36. The Balaban J connectivity index is 1.91. The van der Waals surface area contributed by atoms with E-state index >= 15 is 0 Å². The summed E-state index contributed by atoms with van der Waals surface area (Å²) in [5.74, 6) is 0.855. The van der Waals surface area contributed by atoms with Crippen LogP contribution in [0, 0.1) is 0 Å². The molecule has 0 amide bonds. The van der Waals surface area contributed by atoms with Crippen molar-refractivity contribution in [1.29, 1.82) is 0 Å². The average Bonchev–Trinajstić information content (AvgIpc) is 2.55. The number of benzene rings is 1. The smallest absolute Gasteiger partial charge is 0.119 e. The minimum atomic E-state index is -0.487. The molecule has 2 N–H and O–H groups in total. The molecule has 4 nitrogen and oxygen atoms in total. The Hall–Kier alpha value is -1.10. The van der Waals surface area contributed by atoms with Crippen molar-refractivity contribution in [3.8, 4) is 5.75 Å². The van der Waals surface area contributed by atoms with Crippen LogP contribution in [-0.2, 0) is 0 Å². The number of β-amino-alcohol motifs (C(OH)–C–C–N with tert-alkyl or cyclic N) is 1. The second kappa shape index (κ2) is 9.13. The van der Waals surface area contributed by atoms with Crippen LogP contribution in [-0.4, -0.2) is 47.5 Å². The standard InChI is InChI=1S/C18H29NO3/c1-2-13-22-17-8-6-15(7-9-17)18(21)14-19-11-4-3-5-16(19)10-12-20/h6-9,16,18,20-21H,2-5,10-14H2,1H3. The van der Waals surface area contributed by atoms with Crippen molar-refractivity contribution in [3.05, 3.63) is 29.8 Å². The molecule has 1 saturated heterocycles. The van der Waals surface area contributed by atoms with Crippen molar-refractivity contribution in [1.82, 2.24) is 4.90 Å². The predicted molar refractivity (Wildman–Crippen MR) is 88.1 cm³/mol. The Kier molecular flexibility index (Phi) is 7.16. The highest BCUT2D eigenvalue weighted by Crippen LogP contribution is 2.24. The number of piperidine rings is 1. The number of hydrogen-bond donors (Lipinski definition) is 2. The van der Waals surface area contributed by atoms with Crippen molar-refractivity contribution < 1.29 is 14.9 Å². The van der Waals surface area contributed by atoms with Gasteiger partial charge in [0.25, 0.3) is 0 Å². The first-order valence-electron chi connectivity index (χ1n) is 8.50. The Labute approximate surface area is 133 Å². The van der Waals surface area contributed by atoms with E-state index in [2.05, 4.69) is 11.8 Å². The lowest BCUT2D eigenvalue weighted by Gasteiger charge is -2.36. The van der Waals surface area contributed by atoms with Crippen molar-refractivity contribution in [2.75, 3.05) is 26.3 Å². The molecule has 1 aliphatic rings. The molecule has 0 radical (unpaired) electrons. The zero-order chi connectivity index (χ0) is 15.8. The first-order chi connectivity index (χ1) is 10.7.